The van der Waals surface area contributed by atoms with Crippen LogP contribution in [0, 0.1) is 10.1 Å². The first-order chi connectivity index (χ1) is 10.1. The topological polar surface area (TPSA) is 98.5 Å². The second-order valence-electron chi connectivity index (χ2n) is 4.32. The molecule has 0 atom stereocenters. The zero-order valence-electron chi connectivity index (χ0n) is 10.5. The molecule has 0 aromatic heterocycles. The van der Waals surface area contributed by atoms with Crippen molar-refractivity contribution in [3.8, 4) is 11.5 Å². The molecule has 7 heteroatoms. The number of fused-ring (bicyclic) bond motifs is 1. The van der Waals surface area contributed by atoms with Gasteiger partial charge in [-0.2, -0.15) is 0 Å². The Labute approximate surface area is 118 Å². The first-order valence-corrected chi connectivity index (χ1v) is 5.97. The monoisotopic (exact) mass is 284 g/mol. The zero-order valence-corrected chi connectivity index (χ0v) is 10.5. The quantitative estimate of drug-likeness (QED) is 0.529. The molecule has 1 N–H and O–H groups in total. The van der Waals surface area contributed by atoms with E-state index in [1.807, 2.05) is 0 Å². The van der Waals surface area contributed by atoms with Crippen molar-refractivity contribution in [3.63, 3.8) is 0 Å². The van der Waals surface area contributed by atoms with Crippen molar-refractivity contribution in [1.82, 2.24) is 5.32 Å². The molecule has 1 aliphatic rings. The van der Waals surface area contributed by atoms with Crippen LogP contribution in [0.4, 0.5) is 5.69 Å². The highest BCUT2D eigenvalue weighted by molar-refractivity contribution is 6.21. The number of amides is 2. The zero-order chi connectivity index (χ0) is 15.0. The molecule has 0 bridgehead atoms. The summed E-state index contributed by atoms with van der Waals surface area (Å²) < 4.78 is 5.45. The Hall–Kier alpha value is -3.22. The van der Waals surface area contributed by atoms with E-state index in [1.54, 1.807) is 6.07 Å². The minimum Gasteiger partial charge on any atom is -0.450 e. The highest BCUT2D eigenvalue weighted by atomic mass is 16.6. The third-order valence-electron chi connectivity index (χ3n) is 3.00. The normalized spacial score (nSPS) is 12.8. The maximum atomic E-state index is 11.6. The van der Waals surface area contributed by atoms with Gasteiger partial charge in [-0.3, -0.25) is 25.0 Å². The molecule has 1 heterocycles. The van der Waals surface area contributed by atoms with Gasteiger partial charge in [0.25, 0.3) is 11.8 Å². The van der Waals surface area contributed by atoms with Crippen LogP contribution < -0.4 is 10.1 Å². The van der Waals surface area contributed by atoms with Crippen LogP contribution in [0.2, 0.25) is 0 Å². The van der Waals surface area contributed by atoms with Crippen LogP contribution in [-0.2, 0) is 0 Å². The highest BCUT2D eigenvalue weighted by Crippen LogP contribution is 2.32. The van der Waals surface area contributed by atoms with Gasteiger partial charge in [-0.25, -0.2) is 0 Å². The number of imide groups is 1. The highest BCUT2D eigenvalue weighted by Gasteiger charge is 2.27. The van der Waals surface area contributed by atoms with Crippen LogP contribution in [0.15, 0.2) is 42.5 Å². The van der Waals surface area contributed by atoms with Gasteiger partial charge in [0, 0.05) is 6.07 Å². The van der Waals surface area contributed by atoms with Crippen molar-refractivity contribution in [1.29, 1.82) is 0 Å². The van der Waals surface area contributed by atoms with Gasteiger partial charge < -0.3 is 4.74 Å². The molecule has 0 radical (unpaired) electrons. The summed E-state index contributed by atoms with van der Waals surface area (Å²) >= 11 is 0. The first-order valence-electron chi connectivity index (χ1n) is 5.97. The van der Waals surface area contributed by atoms with Gasteiger partial charge in [-0.05, 0) is 24.3 Å². The molecule has 104 valence electrons. The first kappa shape index (κ1) is 12.8. The number of hydrogen-bond donors (Lipinski definition) is 1. The number of para-hydroxylation sites is 2. The van der Waals surface area contributed by atoms with E-state index in [-0.39, 0.29) is 28.3 Å². The molecular weight excluding hydrogens is 276 g/mol. The van der Waals surface area contributed by atoms with Crippen molar-refractivity contribution < 1.29 is 19.2 Å². The minimum atomic E-state index is -0.557. The Morgan fingerprint density at radius 3 is 2.48 bits per heavy atom. The summed E-state index contributed by atoms with van der Waals surface area (Å²) in [4.78, 5) is 33.3. The van der Waals surface area contributed by atoms with Crippen molar-refractivity contribution >= 4 is 17.5 Å². The molecule has 0 fully saturated rings. The smallest absolute Gasteiger partial charge is 0.311 e. The van der Waals surface area contributed by atoms with Gasteiger partial charge >= 0.3 is 5.69 Å². The Balaban J connectivity index is 1.97. The molecule has 2 aromatic rings. The van der Waals surface area contributed by atoms with Gasteiger partial charge in [0.05, 0.1) is 16.1 Å². The number of ether oxygens (including phenoxy) is 1. The molecule has 0 saturated carbocycles. The lowest BCUT2D eigenvalue weighted by Gasteiger charge is -2.06. The van der Waals surface area contributed by atoms with Crippen LogP contribution in [0.5, 0.6) is 11.5 Å². The van der Waals surface area contributed by atoms with Crippen molar-refractivity contribution in [3.05, 3.63) is 63.7 Å². The van der Waals surface area contributed by atoms with E-state index in [0.717, 1.165) is 0 Å². The summed E-state index contributed by atoms with van der Waals surface area (Å²) in [5.41, 5.74) is 0.268. The molecule has 1 aliphatic heterocycles. The molecule has 0 spiro atoms. The summed E-state index contributed by atoms with van der Waals surface area (Å²) in [6.45, 7) is 0. The standard InChI is InChI=1S/C14H8N2O5/c17-13-9-6-5-8(7-10(9)14(18)15-13)21-12-4-2-1-3-11(12)16(19)20/h1-7H,(H,15,17,18). The second-order valence-corrected chi connectivity index (χ2v) is 4.32. The fourth-order valence-corrected chi connectivity index (χ4v) is 2.03. The largest absolute Gasteiger partial charge is 0.450 e. The van der Waals surface area contributed by atoms with Gasteiger partial charge in [0.15, 0.2) is 0 Å². The van der Waals surface area contributed by atoms with Gasteiger partial charge in [-0.1, -0.05) is 12.1 Å². The Bertz CT molecular complexity index is 785. The minimum absolute atomic E-state index is 0.0622. The van der Waals surface area contributed by atoms with Crippen LogP contribution in [-0.4, -0.2) is 16.7 Å². The van der Waals surface area contributed by atoms with Crippen LogP contribution >= 0.6 is 0 Å². The van der Waals surface area contributed by atoms with E-state index in [0.29, 0.717) is 0 Å². The Morgan fingerprint density at radius 2 is 1.71 bits per heavy atom. The fraction of sp³-hybridized carbons (Fsp3) is 0. The number of benzene rings is 2. The number of rotatable bonds is 3. The van der Waals surface area contributed by atoms with E-state index >= 15 is 0 Å². The summed E-state index contributed by atoms with van der Waals surface area (Å²) in [5, 5.41) is 13.1. The maximum absolute atomic E-state index is 11.6. The van der Waals surface area contributed by atoms with E-state index in [4.69, 9.17) is 4.74 Å². The van der Waals surface area contributed by atoms with Crippen molar-refractivity contribution in [2.45, 2.75) is 0 Å². The molecule has 0 aliphatic carbocycles. The molecule has 0 unspecified atom stereocenters. The number of nitrogens with one attached hydrogen (secondary N) is 1. The number of carbonyl (C=O) groups excluding carboxylic acids is 2. The number of nitrogens with zero attached hydrogens (tertiary/aromatic N) is 1. The van der Waals surface area contributed by atoms with Gasteiger partial charge in [0.1, 0.15) is 5.75 Å². The molecular formula is C14H8N2O5. The van der Waals surface area contributed by atoms with Crippen LogP contribution in [0.3, 0.4) is 0 Å². The van der Waals surface area contributed by atoms with Crippen molar-refractivity contribution in [2.24, 2.45) is 0 Å². The summed E-state index contributed by atoms with van der Waals surface area (Å²) in [7, 11) is 0. The van der Waals surface area contributed by atoms with E-state index in [2.05, 4.69) is 5.32 Å². The second kappa shape index (κ2) is 4.71. The molecule has 2 amide bonds. The average molecular weight is 284 g/mol. The summed E-state index contributed by atoms with van der Waals surface area (Å²) in [5.74, 6) is -0.671. The van der Waals surface area contributed by atoms with Crippen LogP contribution in [0.25, 0.3) is 0 Å². The van der Waals surface area contributed by atoms with E-state index in [1.165, 1.54) is 36.4 Å². The number of hydrogen-bond acceptors (Lipinski definition) is 5. The van der Waals surface area contributed by atoms with Gasteiger partial charge in [-0.15, -0.1) is 0 Å². The molecule has 0 saturated heterocycles. The third kappa shape index (κ3) is 2.20. The summed E-state index contributed by atoms with van der Waals surface area (Å²) in [6.07, 6.45) is 0. The molecule has 2 aromatic carbocycles. The maximum Gasteiger partial charge on any atom is 0.311 e. The predicted molar refractivity (Wildman–Crippen MR) is 71.4 cm³/mol. The van der Waals surface area contributed by atoms with E-state index in [9.17, 15) is 19.7 Å². The third-order valence-corrected chi connectivity index (χ3v) is 3.00. The summed E-state index contributed by atoms with van der Waals surface area (Å²) in [6, 6.07) is 10.2. The van der Waals surface area contributed by atoms with Gasteiger partial charge in [0.2, 0.25) is 5.75 Å². The lowest BCUT2D eigenvalue weighted by molar-refractivity contribution is -0.385. The molecule has 21 heavy (non-hydrogen) atoms. The average Bonchev–Trinajstić information content (AvgIpc) is 2.74. The molecule has 7 nitrogen and oxygen atoms in total. The van der Waals surface area contributed by atoms with E-state index < -0.39 is 16.7 Å². The lowest BCUT2D eigenvalue weighted by atomic mass is 10.1. The lowest BCUT2D eigenvalue weighted by Crippen LogP contribution is -2.19. The Kier molecular flexibility index (Phi) is 2.87. The fourth-order valence-electron chi connectivity index (χ4n) is 2.03. The number of carbonyl (C=O) groups is 2. The Morgan fingerprint density at radius 1 is 1.00 bits per heavy atom. The predicted octanol–water partition coefficient (Wildman–Crippen LogP) is 2.27. The van der Waals surface area contributed by atoms with Crippen LogP contribution in [0.1, 0.15) is 20.7 Å². The van der Waals surface area contributed by atoms with Crippen molar-refractivity contribution in [2.75, 3.05) is 0 Å². The number of nitro groups is 1. The SMILES string of the molecule is O=C1NC(=O)c2cc(Oc3ccccc3[N+](=O)[O-])ccc21. The number of nitro benzene ring substituents is 1. The molecule has 3 rings (SSSR count).